The fourth-order valence-electron chi connectivity index (χ4n) is 2.65. The molecule has 1 heterocycles. The van der Waals surface area contributed by atoms with Gasteiger partial charge in [0.05, 0.1) is 18.2 Å². The molecule has 31 heavy (non-hydrogen) atoms. The number of ether oxygens (including phenoxy) is 2. The van der Waals surface area contributed by atoms with E-state index in [2.05, 4.69) is 15.3 Å². The van der Waals surface area contributed by atoms with Crippen LogP contribution in [0, 0.1) is 10.1 Å². The number of hydrogen-bond acceptors (Lipinski definition) is 8. The van der Waals surface area contributed by atoms with Gasteiger partial charge in [-0.25, -0.2) is 8.78 Å². The van der Waals surface area contributed by atoms with Gasteiger partial charge in [-0.3, -0.25) is 10.1 Å². The number of alkyl halides is 2. The van der Waals surface area contributed by atoms with Gasteiger partial charge in [0.25, 0.3) is 6.43 Å². The Kier molecular flexibility index (Phi) is 7.13. The molecular formula is C19H17F2N5O4S. The van der Waals surface area contributed by atoms with E-state index in [0.29, 0.717) is 16.9 Å². The summed E-state index contributed by atoms with van der Waals surface area (Å²) in [5.41, 5.74) is 1.01. The smallest absolute Gasteiger partial charge is 0.310 e. The average Bonchev–Trinajstić information content (AvgIpc) is 3.19. The van der Waals surface area contributed by atoms with Crippen molar-refractivity contribution in [3.8, 4) is 11.5 Å². The quantitative estimate of drug-likeness (QED) is 0.207. The number of hydrogen-bond donors (Lipinski definition) is 0. The summed E-state index contributed by atoms with van der Waals surface area (Å²) in [6, 6.07) is 11.0. The first-order chi connectivity index (χ1) is 14.9. The van der Waals surface area contributed by atoms with E-state index < -0.39 is 17.2 Å². The highest BCUT2D eigenvalue weighted by atomic mass is 32.2. The SMILES string of the molecule is COc1ccc(C=Nn2c(SC)nnc2C(F)F)cc1COc1ccccc1[N+](=O)[O-]. The van der Waals surface area contributed by atoms with Crippen molar-refractivity contribution in [1.29, 1.82) is 0 Å². The van der Waals surface area contributed by atoms with Crippen molar-refractivity contribution >= 4 is 23.7 Å². The number of thioether (sulfide) groups is 1. The molecule has 0 fully saturated rings. The molecule has 0 amide bonds. The highest BCUT2D eigenvalue weighted by molar-refractivity contribution is 7.98. The molecule has 0 atom stereocenters. The maximum absolute atomic E-state index is 13.1. The van der Waals surface area contributed by atoms with Gasteiger partial charge in [0.1, 0.15) is 12.4 Å². The number of nitro groups is 1. The molecule has 1 aromatic heterocycles. The summed E-state index contributed by atoms with van der Waals surface area (Å²) < 4.78 is 38.2. The van der Waals surface area contributed by atoms with Crippen LogP contribution in [0.15, 0.2) is 52.7 Å². The third-order valence-electron chi connectivity index (χ3n) is 4.09. The molecule has 3 aromatic rings. The van der Waals surface area contributed by atoms with Crippen LogP contribution < -0.4 is 9.47 Å². The van der Waals surface area contributed by atoms with Crippen molar-refractivity contribution in [3.63, 3.8) is 0 Å². The van der Waals surface area contributed by atoms with Gasteiger partial charge < -0.3 is 9.47 Å². The largest absolute Gasteiger partial charge is 0.496 e. The Morgan fingerprint density at radius 2 is 2.03 bits per heavy atom. The highest BCUT2D eigenvalue weighted by Gasteiger charge is 2.19. The van der Waals surface area contributed by atoms with Gasteiger partial charge in [-0.05, 0) is 36.1 Å². The monoisotopic (exact) mass is 449 g/mol. The third kappa shape index (κ3) is 5.15. The minimum absolute atomic E-state index is 0.0132. The lowest BCUT2D eigenvalue weighted by atomic mass is 10.1. The second-order valence-electron chi connectivity index (χ2n) is 5.99. The van der Waals surface area contributed by atoms with E-state index in [1.54, 1.807) is 36.6 Å². The predicted molar refractivity (Wildman–Crippen MR) is 110 cm³/mol. The van der Waals surface area contributed by atoms with Crippen molar-refractivity contribution < 1.29 is 23.2 Å². The van der Waals surface area contributed by atoms with Crippen molar-refractivity contribution in [3.05, 3.63) is 69.5 Å². The van der Waals surface area contributed by atoms with Crippen LogP contribution in [0.2, 0.25) is 0 Å². The molecule has 0 radical (unpaired) electrons. The fraction of sp³-hybridized carbons (Fsp3) is 0.211. The van der Waals surface area contributed by atoms with Crippen LogP contribution in [0.3, 0.4) is 0 Å². The molecule has 0 bridgehead atoms. The third-order valence-corrected chi connectivity index (χ3v) is 4.71. The lowest BCUT2D eigenvalue weighted by Crippen LogP contribution is -2.03. The minimum Gasteiger partial charge on any atom is -0.496 e. The highest BCUT2D eigenvalue weighted by Crippen LogP contribution is 2.28. The number of rotatable bonds is 9. The number of nitro benzene ring substituents is 1. The van der Waals surface area contributed by atoms with Crippen LogP contribution in [0.1, 0.15) is 23.4 Å². The van der Waals surface area contributed by atoms with Gasteiger partial charge in [0.15, 0.2) is 5.75 Å². The van der Waals surface area contributed by atoms with Gasteiger partial charge in [-0.2, -0.15) is 9.78 Å². The predicted octanol–water partition coefficient (Wildman–Crippen LogP) is 4.32. The molecule has 0 aliphatic carbocycles. The number of aromatic nitrogens is 3. The van der Waals surface area contributed by atoms with Gasteiger partial charge in [0, 0.05) is 11.6 Å². The van der Waals surface area contributed by atoms with Crippen LogP contribution in [0.25, 0.3) is 0 Å². The summed E-state index contributed by atoms with van der Waals surface area (Å²) in [6.45, 7) is -0.0132. The summed E-state index contributed by atoms with van der Waals surface area (Å²) in [6.07, 6.45) is 0.228. The lowest BCUT2D eigenvalue weighted by Gasteiger charge is -2.11. The standard InChI is InChI=1S/C19H17F2N5O4S/c1-29-15-8-7-12(10-22-25-18(17(20)21)23-24-19(25)31-2)9-13(15)11-30-16-6-4-3-5-14(16)26(27)28/h3-10,17H,11H2,1-2H3. The summed E-state index contributed by atoms with van der Waals surface area (Å²) >= 11 is 1.13. The zero-order chi connectivity index (χ0) is 22.4. The molecule has 0 N–H and O–H groups in total. The van der Waals surface area contributed by atoms with Crippen LogP contribution in [0.4, 0.5) is 14.5 Å². The number of halogens is 2. The van der Waals surface area contributed by atoms with Gasteiger partial charge >= 0.3 is 5.69 Å². The Bertz CT molecular complexity index is 1110. The van der Waals surface area contributed by atoms with Gasteiger partial charge in [0.2, 0.25) is 11.0 Å². The molecule has 0 saturated heterocycles. The molecule has 3 rings (SSSR count). The number of methoxy groups -OCH3 is 1. The molecule has 0 aliphatic rings. The normalized spacial score (nSPS) is 11.3. The molecule has 2 aromatic carbocycles. The topological polar surface area (TPSA) is 105 Å². The first kappa shape index (κ1) is 22.2. The van der Waals surface area contributed by atoms with E-state index in [4.69, 9.17) is 9.47 Å². The molecule has 0 saturated carbocycles. The average molecular weight is 449 g/mol. The Hall–Kier alpha value is -3.54. The van der Waals surface area contributed by atoms with E-state index in [-0.39, 0.29) is 23.2 Å². The van der Waals surface area contributed by atoms with E-state index in [9.17, 15) is 18.9 Å². The summed E-state index contributed by atoms with van der Waals surface area (Å²) in [5, 5.41) is 22.6. The van der Waals surface area contributed by atoms with Crippen molar-refractivity contribution in [2.45, 2.75) is 18.2 Å². The number of benzene rings is 2. The van der Waals surface area contributed by atoms with E-state index >= 15 is 0 Å². The number of nitrogens with zero attached hydrogens (tertiary/aromatic N) is 5. The van der Waals surface area contributed by atoms with E-state index in [0.717, 1.165) is 16.4 Å². The first-order valence-corrected chi connectivity index (χ1v) is 10.0. The summed E-state index contributed by atoms with van der Waals surface area (Å²) in [4.78, 5) is 10.6. The van der Waals surface area contributed by atoms with E-state index in [1.807, 2.05) is 0 Å². The molecule has 12 heteroatoms. The molecule has 9 nitrogen and oxygen atoms in total. The maximum Gasteiger partial charge on any atom is 0.310 e. The zero-order valence-electron chi connectivity index (χ0n) is 16.4. The van der Waals surface area contributed by atoms with Gasteiger partial charge in [-0.1, -0.05) is 23.9 Å². The van der Waals surface area contributed by atoms with Crippen molar-refractivity contribution in [2.24, 2.45) is 5.10 Å². The van der Waals surface area contributed by atoms with Crippen LogP contribution in [-0.2, 0) is 6.61 Å². The second kappa shape index (κ2) is 9.98. The molecule has 162 valence electrons. The molecule has 0 unspecified atom stereocenters. The molecular weight excluding hydrogens is 432 g/mol. The Morgan fingerprint density at radius 1 is 1.26 bits per heavy atom. The van der Waals surface area contributed by atoms with Crippen molar-refractivity contribution in [1.82, 2.24) is 14.9 Å². The maximum atomic E-state index is 13.1. The Morgan fingerprint density at radius 3 is 2.71 bits per heavy atom. The molecule has 0 aliphatic heterocycles. The Balaban J connectivity index is 1.86. The first-order valence-electron chi connectivity index (χ1n) is 8.79. The second-order valence-corrected chi connectivity index (χ2v) is 6.76. The Labute approximate surface area is 179 Å². The van der Waals surface area contributed by atoms with Gasteiger partial charge in [-0.15, -0.1) is 10.2 Å². The lowest BCUT2D eigenvalue weighted by molar-refractivity contribution is -0.385. The molecule has 0 spiro atoms. The van der Waals surface area contributed by atoms with Crippen LogP contribution in [-0.4, -0.2) is 39.4 Å². The van der Waals surface area contributed by atoms with Crippen LogP contribution in [0.5, 0.6) is 11.5 Å². The van der Waals surface area contributed by atoms with Crippen LogP contribution >= 0.6 is 11.8 Å². The fourth-order valence-corrected chi connectivity index (χ4v) is 3.09. The minimum atomic E-state index is -2.83. The number of para-hydroxylation sites is 2. The van der Waals surface area contributed by atoms with E-state index in [1.165, 1.54) is 25.5 Å². The van der Waals surface area contributed by atoms with Crippen molar-refractivity contribution in [2.75, 3.05) is 13.4 Å². The summed E-state index contributed by atoms with van der Waals surface area (Å²) in [7, 11) is 1.48. The summed E-state index contributed by atoms with van der Waals surface area (Å²) in [5.74, 6) is 0.0523. The zero-order valence-corrected chi connectivity index (χ0v) is 17.3.